The minimum Gasteiger partial charge on any atom is -0.497 e. The fourth-order valence-electron chi connectivity index (χ4n) is 2.39. The van der Waals surface area contributed by atoms with Gasteiger partial charge in [0.25, 0.3) is 0 Å². The van der Waals surface area contributed by atoms with Crippen molar-refractivity contribution in [1.29, 1.82) is 0 Å². The summed E-state index contributed by atoms with van der Waals surface area (Å²) in [6, 6.07) is 17.0. The van der Waals surface area contributed by atoms with Crippen molar-refractivity contribution in [1.82, 2.24) is 5.32 Å². The third-order valence-corrected chi connectivity index (χ3v) is 3.77. The monoisotopic (exact) mass is 299 g/mol. The van der Waals surface area contributed by atoms with Crippen LogP contribution < -0.4 is 14.8 Å². The van der Waals surface area contributed by atoms with Crippen molar-refractivity contribution in [3.05, 3.63) is 59.7 Å². The lowest BCUT2D eigenvalue weighted by molar-refractivity contribution is 0.392. The summed E-state index contributed by atoms with van der Waals surface area (Å²) in [4.78, 5) is 0. The third kappa shape index (κ3) is 5.08. The molecule has 0 aliphatic carbocycles. The van der Waals surface area contributed by atoms with E-state index >= 15 is 0 Å². The summed E-state index contributed by atoms with van der Waals surface area (Å²) >= 11 is 0. The van der Waals surface area contributed by atoms with Crippen molar-refractivity contribution in [3.63, 3.8) is 0 Å². The zero-order valence-corrected chi connectivity index (χ0v) is 13.6. The van der Waals surface area contributed by atoms with Crippen LogP contribution in [0.1, 0.15) is 24.5 Å². The number of methoxy groups -OCH3 is 2. The number of benzene rings is 2. The molecule has 2 aromatic carbocycles. The SMILES string of the molecule is COc1cc(CNC(C)CCc2ccccc2)cc(OC)c1. The minimum atomic E-state index is 0.456. The maximum absolute atomic E-state index is 5.30. The van der Waals surface area contributed by atoms with Crippen LogP contribution in [0.4, 0.5) is 0 Å². The van der Waals surface area contributed by atoms with Crippen LogP contribution in [0.5, 0.6) is 11.5 Å². The van der Waals surface area contributed by atoms with E-state index in [1.807, 2.05) is 18.2 Å². The second-order valence-corrected chi connectivity index (χ2v) is 5.53. The molecule has 0 radical (unpaired) electrons. The lowest BCUT2D eigenvalue weighted by Gasteiger charge is -2.15. The normalized spacial score (nSPS) is 12.0. The van der Waals surface area contributed by atoms with E-state index in [1.165, 1.54) is 11.1 Å². The molecule has 3 heteroatoms. The van der Waals surface area contributed by atoms with Crippen molar-refractivity contribution in [2.75, 3.05) is 14.2 Å². The van der Waals surface area contributed by atoms with Crippen LogP contribution in [0.15, 0.2) is 48.5 Å². The second kappa shape index (κ2) is 8.44. The molecule has 0 heterocycles. The summed E-state index contributed by atoms with van der Waals surface area (Å²) < 4.78 is 10.6. The Bertz CT molecular complexity index is 547. The van der Waals surface area contributed by atoms with E-state index in [9.17, 15) is 0 Å². The Balaban J connectivity index is 1.84. The van der Waals surface area contributed by atoms with Crippen LogP contribution in [0, 0.1) is 0 Å². The Morgan fingerprint density at radius 1 is 0.909 bits per heavy atom. The molecule has 0 aliphatic rings. The third-order valence-electron chi connectivity index (χ3n) is 3.77. The lowest BCUT2D eigenvalue weighted by Crippen LogP contribution is -2.26. The van der Waals surface area contributed by atoms with Crippen molar-refractivity contribution in [2.45, 2.75) is 32.4 Å². The molecule has 1 atom stereocenters. The molecule has 0 fully saturated rings. The maximum atomic E-state index is 5.30. The molecule has 0 bridgehead atoms. The first-order chi connectivity index (χ1) is 10.7. The number of rotatable bonds is 8. The van der Waals surface area contributed by atoms with Gasteiger partial charge in [-0.1, -0.05) is 30.3 Å². The second-order valence-electron chi connectivity index (χ2n) is 5.53. The van der Waals surface area contributed by atoms with Crippen LogP contribution in [0.25, 0.3) is 0 Å². The van der Waals surface area contributed by atoms with Crippen LogP contribution in [-0.4, -0.2) is 20.3 Å². The minimum absolute atomic E-state index is 0.456. The molecule has 0 saturated heterocycles. The molecular formula is C19H25NO2. The van der Waals surface area contributed by atoms with Crippen molar-refractivity contribution in [3.8, 4) is 11.5 Å². The zero-order valence-electron chi connectivity index (χ0n) is 13.6. The van der Waals surface area contributed by atoms with E-state index in [0.29, 0.717) is 6.04 Å². The molecule has 1 N–H and O–H groups in total. The summed E-state index contributed by atoms with van der Waals surface area (Å²) in [5.74, 6) is 1.65. The van der Waals surface area contributed by atoms with Crippen molar-refractivity contribution >= 4 is 0 Å². The molecule has 3 nitrogen and oxygen atoms in total. The topological polar surface area (TPSA) is 30.5 Å². The number of nitrogens with one attached hydrogen (secondary N) is 1. The van der Waals surface area contributed by atoms with Gasteiger partial charge in [-0.15, -0.1) is 0 Å². The molecule has 0 saturated carbocycles. The van der Waals surface area contributed by atoms with Crippen LogP contribution in [0.3, 0.4) is 0 Å². The van der Waals surface area contributed by atoms with Gasteiger partial charge in [0.2, 0.25) is 0 Å². The lowest BCUT2D eigenvalue weighted by atomic mass is 10.1. The molecule has 0 amide bonds. The molecular weight excluding hydrogens is 274 g/mol. The standard InChI is InChI=1S/C19H25NO2/c1-15(9-10-16-7-5-4-6-8-16)20-14-17-11-18(21-2)13-19(12-17)22-3/h4-8,11-13,15,20H,9-10,14H2,1-3H3. The molecule has 0 aliphatic heterocycles. The van der Waals surface area contributed by atoms with E-state index < -0.39 is 0 Å². The van der Waals surface area contributed by atoms with Gasteiger partial charge in [-0.25, -0.2) is 0 Å². The number of ether oxygens (including phenoxy) is 2. The quantitative estimate of drug-likeness (QED) is 0.804. The summed E-state index contributed by atoms with van der Waals surface area (Å²) in [5.41, 5.74) is 2.56. The first-order valence-electron chi connectivity index (χ1n) is 7.70. The fourth-order valence-corrected chi connectivity index (χ4v) is 2.39. The summed E-state index contributed by atoms with van der Waals surface area (Å²) in [5, 5.41) is 3.56. The fraction of sp³-hybridized carbons (Fsp3) is 0.368. The van der Waals surface area contributed by atoms with E-state index in [2.05, 4.69) is 42.6 Å². The maximum Gasteiger partial charge on any atom is 0.122 e. The van der Waals surface area contributed by atoms with Crippen molar-refractivity contribution in [2.24, 2.45) is 0 Å². The van der Waals surface area contributed by atoms with Gasteiger partial charge in [-0.2, -0.15) is 0 Å². The smallest absolute Gasteiger partial charge is 0.122 e. The van der Waals surface area contributed by atoms with Gasteiger partial charge < -0.3 is 14.8 Å². The summed E-state index contributed by atoms with van der Waals surface area (Å²) in [6.07, 6.45) is 2.21. The Labute approximate surface area is 133 Å². The number of aryl methyl sites for hydroxylation is 1. The first-order valence-corrected chi connectivity index (χ1v) is 7.70. The Morgan fingerprint density at radius 2 is 1.55 bits per heavy atom. The molecule has 0 spiro atoms. The average molecular weight is 299 g/mol. The van der Waals surface area contributed by atoms with E-state index in [4.69, 9.17) is 9.47 Å². The highest BCUT2D eigenvalue weighted by Gasteiger charge is 2.05. The van der Waals surface area contributed by atoms with Gasteiger partial charge >= 0.3 is 0 Å². The predicted molar refractivity (Wildman–Crippen MR) is 90.6 cm³/mol. The molecule has 2 rings (SSSR count). The van der Waals surface area contributed by atoms with Crippen LogP contribution >= 0.6 is 0 Å². The zero-order chi connectivity index (χ0) is 15.8. The van der Waals surface area contributed by atoms with Crippen molar-refractivity contribution < 1.29 is 9.47 Å². The van der Waals surface area contributed by atoms with Gasteiger partial charge in [0, 0.05) is 18.7 Å². The van der Waals surface area contributed by atoms with Crippen LogP contribution in [-0.2, 0) is 13.0 Å². The molecule has 2 aromatic rings. The summed E-state index contributed by atoms with van der Waals surface area (Å²) in [7, 11) is 3.35. The van der Waals surface area contributed by atoms with Crippen LogP contribution in [0.2, 0.25) is 0 Å². The molecule has 1 unspecified atom stereocenters. The largest absolute Gasteiger partial charge is 0.497 e. The van der Waals surface area contributed by atoms with Gasteiger partial charge in [0.1, 0.15) is 11.5 Å². The van der Waals surface area contributed by atoms with E-state index in [1.54, 1.807) is 14.2 Å². The number of hydrogen-bond acceptors (Lipinski definition) is 3. The Morgan fingerprint density at radius 3 is 2.14 bits per heavy atom. The number of hydrogen-bond donors (Lipinski definition) is 1. The van der Waals surface area contributed by atoms with Gasteiger partial charge in [-0.3, -0.25) is 0 Å². The molecule has 0 aromatic heterocycles. The highest BCUT2D eigenvalue weighted by Crippen LogP contribution is 2.22. The Hall–Kier alpha value is -2.00. The molecule has 118 valence electrons. The van der Waals surface area contributed by atoms with E-state index in [0.717, 1.165) is 30.9 Å². The van der Waals surface area contributed by atoms with Gasteiger partial charge in [0.15, 0.2) is 0 Å². The predicted octanol–water partition coefficient (Wildman–Crippen LogP) is 3.81. The highest BCUT2D eigenvalue weighted by molar-refractivity contribution is 5.38. The van der Waals surface area contributed by atoms with Gasteiger partial charge in [-0.05, 0) is 43.0 Å². The Kier molecular flexibility index (Phi) is 6.28. The molecule has 22 heavy (non-hydrogen) atoms. The van der Waals surface area contributed by atoms with Gasteiger partial charge in [0.05, 0.1) is 14.2 Å². The first kappa shape index (κ1) is 16.4. The summed E-state index contributed by atoms with van der Waals surface area (Å²) in [6.45, 7) is 3.03. The average Bonchev–Trinajstić information content (AvgIpc) is 2.58. The highest BCUT2D eigenvalue weighted by atomic mass is 16.5. The van der Waals surface area contributed by atoms with E-state index in [-0.39, 0.29) is 0 Å².